The highest BCUT2D eigenvalue weighted by atomic mass is 31.1. The van der Waals surface area contributed by atoms with E-state index in [1.807, 2.05) is 6.07 Å². The molecule has 7 nitrogen and oxygen atoms in total. The van der Waals surface area contributed by atoms with Crippen molar-refractivity contribution in [3.05, 3.63) is 36.2 Å². The standard InChI is InChI=1S/C15H16FN4O3P/c16-24-8-7-19-5-6-20(15(22)14(19)21)10-11-9-13(18-23-11)12-3-1-2-4-17-12/h1-4,9,24H,5-8,10H2. The molecule has 9 heteroatoms. The molecule has 0 radical (unpaired) electrons. The molecule has 24 heavy (non-hydrogen) atoms. The largest absolute Gasteiger partial charge is 0.359 e. The molecule has 2 aromatic heterocycles. The van der Waals surface area contributed by atoms with E-state index in [9.17, 15) is 13.8 Å². The summed E-state index contributed by atoms with van der Waals surface area (Å²) in [6, 6.07) is 7.16. The van der Waals surface area contributed by atoms with Gasteiger partial charge in [0.15, 0.2) is 5.76 Å². The second-order valence-electron chi connectivity index (χ2n) is 5.30. The first-order chi connectivity index (χ1) is 11.7. The van der Waals surface area contributed by atoms with Gasteiger partial charge in [-0.3, -0.25) is 14.6 Å². The molecule has 0 aromatic carbocycles. The maximum atomic E-state index is 12.2. The van der Waals surface area contributed by atoms with Crippen LogP contribution in [0, 0.1) is 0 Å². The molecular formula is C15H16FN4O3P. The van der Waals surface area contributed by atoms with E-state index in [0.29, 0.717) is 30.2 Å². The van der Waals surface area contributed by atoms with E-state index in [0.717, 1.165) is 0 Å². The van der Waals surface area contributed by atoms with E-state index in [1.165, 1.54) is 9.80 Å². The van der Waals surface area contributed by atoms with Gasteiger partial charge >= 0.3 is 11.8 Å². The Morgan fingerprint density at radius 1 is 1.17 bits per heavy atom. The SMILES string of the molecule is O=C1C(=O)N(Cc2cc(-c3ccccn3)no2)CCN1CCPF. The number of hydrogen-bond acceptors (Lipinski definition) is 5. The topological polar surface area (TPSA) is 79.5 Å². The zero-order valence-corrected chi connectivity index (χ0v) is 13.8. The average Bonchev–Trinajstić information content (AvgIpc) is 3.08. The van der Waals surface area contributed by atoms with Gasteiger partial charge in [-0.15, -0.1) is 0 Å². The summed E-state index contributed by atoms with van der Waals surface area (Å²) in [5, 5.41) is 3.94. The van der Waals surface area contributed by atoms with E-state index in [4.69, 9.17) is 4.52 Å². The Morgan fingerprint density at radius 3 is 2.71 bits per heavy atom. The number of rotatable bonds is 6. The van der Waals surface area contributed by atoms with Crippen molar-refractivity contribution in [2.75, 3.05) is 25.8 Å². The summed E-state index contributed by atoms with van der Waals surface area (Å²) < 4.78 is 17.5. The fourth-order valence-corrected chi connectivity index (χ4v) is 2.82. The Kier molecular flexibility index (Phi) is 5.15. The average molecular weight is 350 g/mol. The van der Waals surface area contributed by atoms with Gasteiger partial charge in [-0.05, 0) is 12.1 Å². The van der Waals surface area contributed by atoms with E-state index >= 15 is 0 Å². The molecule has 1 atom stereocenters. The summed E-state index contributed by atoms with van der Waals surface area (Å²) in [6.45, 7) is 1.23. The van der Waals surface area contributed by atoms with E-state index in [2.05, 4.69) is 10.1 Å². The summed E-state index contributed by atoms with van der Waals surface area (Å²) in [7, 11) is -0.723. The number of pyridine rings is 1. The molecule has 1 unspecified atom stereocenters. The number of piperazine rings is 1. The molecule has 1 aliphatic rings. The van der Waals surface area contributed by atoms with E-state index in [-0.39, 0.29) is 19.3 Å². The number of carbonyl (C=O) groups is 2. The molecule has 0 spiro atoms. The van der Waals surface area contributed by atoms with Gasteiger partial charge in [0.2, 0.25) is 0 Å². The van der Waals surface area contributed by atoms with Gasteiger partial charge in [0.1, 0.15) is 5.69 Å². The number of carbonyl (C=O) groups excluding carboxylic acids is 2. The normalized spacial score (nSPS) is 15.7. The van der Waals surface area contributed by atoms with Crippen LogP contribution in [0.4, 0.5) is 4.20 Å². The fourth-order valence-electron chi connectivity index (χ4n) is 2.47. The molecule has 1 saturated heterocycles. The second kappa shape index (κ2) is 7.49. The van der Waals surface area contributed by atoms with Crippen molar-refractivity contribution in [1.82, 2.24) is 19.9 Å². The molecule has 0 N–H and O–H groups in total. The van der Waals surface area contributed by atoms with Gasteiger partial charge in [0, 0.05) is 38.1 Å². The van der Waals surface area contributed by atoms with E-state index < -0.39 is 20.7 Å². The van der Waals surface area contributed by atoms with Crippen molar-refractivity contribution in [2.24, 2.45) is 0 Å². The van der Waals surface area contributed by atoms with Gasteiger partial charge in [0.25, 0.3) is 0 Å². The second-order valence-corrected chi connectivity index (χ2v) is 6.06. The zero-order chi connectivity index (χ0) is 16.9. The Morgan fingerprint density at radius 2 is 1.96 bits per heavy atom. The number of nitrogens with zero attached hydrogens (tertiary/aromatic N) is 4. The van der Waals surface area contributed by atoms with Gasteiger partial charge in [-0.25, -0.2) is 4.20 Å². The molecule has 1 aliphatic heterocycles. The monoisotopic (exact) mass is 350 g/mol. The molecule has 3 heterocycles. The van der Waals surface area contributed by atoms with Gasteiger partial charge in [-0.2, -0.15) is 0 Å². The minimum absolute atomic E-state index is 0.170. The minimum Gasteiger partial charge on any atom is -0.359 e. The first-order valence-corrected chi connectivity index (χ1v) is 8.56. The van der Waals surface area contributed by atoms with E-state index in [1.54, 1.807) is 24.4 Å². The molecule has 126 valence electrons. The quantitative estimate of drug-likeness (QED) is 0.582. The number of halogens is 1. The molecule has 2 amide bonds. The Balaban J connectivity index is 1.64. The summed E-state index contributed by atoms with van der Waals surface area (Å²) in [4.78, 5) is 31.2. The van der Waals surface area contributed by atoms with Gasteiger partial charge in [0.05, 0.1) is 21.1 Å². The molecule has 3 rings (SSSR count). The number of amides is 2. The van der Waals surface area contributed by atoms with Gasteiger partial charge in [-0.1, -0.05) is 11.2 Å². The van der Waals surface area contributed by atoms with Crippen molar-refractivity contribution >= 4 is 20.7 Å². The molecule has 1 fully saturated rings. The van der Waals surface area contributed by atoms with Crippen LogP contribution in [0.3, 0.4) is 0 Å². The smallest absolute Gasteiger partial charge is 0.312 e. The third kappa shape index (κ3) is 3.59. The molecule has 0 saturated carbocycles. The first-order valence-electron chi connectivity index (χ1n) is 7.47. The highest BCUT2D eigenvalue weighted by Gasteiger charge is 2.32. The first kappa shape index (κ1) is 16.5. The van der Waals surface area contributed by atoms with Crippen LogP contribution in [-0.2, 0) is 16.1 Å². The fraction of sp³-hybridized carbons (Fsp3) is 0.333. The Hall–Kier alpha value is -2.34. The highest BCUT2D eigenvalue weighted by molar-refractivity contribution is 7.31. The number of aromatic nitrogens is 2. The molecular weight excluding hydrogens is 334 g/mol. The zero-order valence-electron chi connectivity index (χ0n) is 12.8. The number of hydrogen-bond donors (Lipinski definition) is 0. The summed E-state index contributed by atoms with van der Waals surface area (Å²) >= 11 is 0. The minimum atomic E-state index is -0.723. The summed E-state index contributed by atoms with van der Waals surface area (Å²) in [5.41, 5.74) is 1.25. The summed E-state index contributed by atoms with van der Waals surface area (Å²) in [5.74, 6) is -0.710. The van der Waals surface area contributed by atoms with Crippen LogP contribution in [0.15, 0.2) is 35.0 Å². The van der Waals surface area contributed by atoms with Crippen molar-refractivity contribution < 1.29 is 18.3 Å². The highest BCUT2D eigenvalue weighted by Crippen LogP contribution is 2.19. The van der Waals surface area contributed by atoms with Crippen LogP contribution in [0.2, 0.25) is 0 Å². The lowest BCUT2D eigenvalue weighted by Gasteiger charge is -2.32. The van der Waals surface area contributed by atoms with Crippen molar-refractivity contribution in [3.63, 3.8) is 0 Å². The lowest BCUT2D eigenvalue weighted by molar-refractivity contribution is -0.156. The lowest BCUT2D eigenvalue weighted by atomic mass is 10.2. The molecule has 2 aromatic rings. The predicted octanol–water partition coefficient (Wildman–Crippen LogP) is 1.47. The van der Waals surface area contributed by atoms with Crippen LogP contribution < -0.4 is 0 Å². The van der Waals surface area contributed by atoms with Crippen LogP contribution in [-0.4, -0.2) is 57.6 Å². The van der Waals surface area contributed by atoms with Crippen molar-refractivity contribution in [1.29, 1.82) is 0 Å². The molecule has 0 bridgehead atoms. The lowest BCUT2D eigenvalue weighted by Crippen LogP contribution is -2.54. The maximum absolute atomic E-state index is 12.2. The Bertz CT molecular complexity index is 725. The van der Waals surface area contributed by atoms with Crippen LogP contribution in [0.5, 0.6) is 0 Å². The maximum Gasteiger partial charge on any atom is 0.312 e. The third-order valence-electron chi connectivity index (χ3n) is 3.71. The van der Waals surface area contributed by atoms with Crippen molar-refractivity contribution in [2.45, 2.75) is 6.54 Å². The van der Waals surface area contributed by atoms with Crippen LogP contribution >= 0.6 is 8.89 Å². The predicted molar refractivity (Wildman–Crippen MR) is 86.0 cm³/mol. The van der Waals surface area contributed by atoms with Crippen molar-refractivity contribution in [3.8, 4) is 11.4 Å². The van der Waals surface area contributed by atoms with Crippen LogP contribution in [0.1, 0.15) is 5.76 Å². The Labute approximate surface area is 139 Å². The van der Waals surface area contributed by atoms with Gasteiger partial charge < -0.3 is 14.3 Å². The third-order valence-corrected chi connectivity index (χ3v) is 4.12. The molecule has 0 aliphatic carbocycles. The summed E-state index contributed by atoms with van der Waals surface area (Å²) in [6.07, 6.45) is 1.93. The van der Waals surface area contributed by atoms with Crippen LogP contribution in [0.25, 0.3) is 11.4 Å².